The number of rotatable bonds is 7. The van der Waals surface area contributed by atoms with Crippen molar-refractivity contribution in [3.05, 3.63) is 57.1 Å². The number of benzene rings is 2. The Morgan fingerprint density at radius 1 is 1.20 bits per heavy atom. The van der Waals surface area contributed by atoms with Crippen LogP contribution in [0.4, 0.5) is 11.4 Å². The van der Waals surface area contributed by atoms with Crippen molar-refractivity contribution in [2.75, 3.05) is 18.5 Å². The number of nitro benzene ring substituents is 1. The first-order chi connectivity index (χ1) is 11.8. The van der Waals surface area contributed by atoms with Gasteiger partial charge in [-0.05, 0) is 43.5 Å². The normalized spacial score (nSPS) is 11.9. The molecular weight excluding hydrogens is 324 g/mol. The third kappa shape index (κ3) is 4.91. The topological polar surface area (TPSA) is 105 Å². The Kier molecular flexibility index (Phi) is 5.95. The number of ether oxygens (including phenoxy) is 1. The molecule has 0 saturated carbocycles. The Hall–Kier alpha value is -2.64. The molecule has 0 aliphatic carbocycles. The van der Waals surface area contributed by atoms with Gasteiger partial charge >= 0.3 is 0 Å². The standard InChI is InChI=1S/C18H22N2O5/c1-11-4-12(2)13(3)18(5-11)25-17-7-14(19-9-16(22)10-21)6-15(8-17)20(23)24/h4-8,16,19,21-22H,9-10H2,1-3H3. The number of aliphatic hydroxyl groups is 2. The van der Waals surface area contributed by atoms with Gasteiger partial charge in [0, 0.05) is 24.4 Å². The maximum absolute atomic E-state index is 11.2. The molecule has 3 N–H and O–H groups in total. The highest BCUT2D eigenvalue weighted by atomic mass is 16.6. The van der Waals surface area contributed by atoms with Gasteiger partial charge in [-0.1, -0.05) is 6.07 Å². The molecule has 1 atom stereocenters. The summed E-state index contributed by atoms with van der Waals surface area (Å²) in [5, 5.41) is 32.3. The molecule has 0 spiro atoms. The van der Waals surface area contributed by atoms with Crippen LogP contribution in [0.1, 0.15) is 16.7 Å². The summed E-state index contributed by atoms with van der Waals surface area (Å²) >= 11 is 0. The smallest absolute Gasteiger partial charge is 0.275 e. The quantitative estimate of drug-likeness (QED) is 0.526. The summed E-state index contributed by atoms with van der Waals surface area (Å²) in [6, 6.07) is 8.24. The van der Waals surface area contributed by atoms with Crippen molar-refractivity contribution in [2.24, 2.45) is 0 Å². The van der Waals surface area contributed by atoms with E-state index in [9.17, 15) is 15.2 Å². The van der Waals surface area contributed by atoms with Crippen molar-refractivity contribution < 1.29 is 19.9 Å². The molecule has 0 fully saturated rings. The molecule has 0 amide bonds. The Balaban J connectivity index is 2.33. The maximum Gasteiger partial charge on any atom is 0.275 e. The van der Waals surface area contributed by atoms with E-state index in [-0.39, 0.29) is 12.2 Å². The molecule has 134 valence electrons. The molecule has 0 aromatic heterocycles. The number of hydrogen-bond donors (Lipinski definition) is 3. The van der Waals surface area contributed by atoms with Crippen LogP contribution >= 0.6 is 0 Å². The van der Waals surface area contributed by atoms with Crippen molar-refractivity contribution >= 4 is 11.4 Å². The highest BCUT2D eigenvalue weighted by Gasteiger charge is 2.13. The van der Waals surface area contributed by atoms with Gasteiger partial charge in [-0.15, -0.1) is 0 Å². The number of nitrogens with zero attached hydrogens (tertiary/aromatic N) is 1. The molecule has 7 heteroatoms. The molecule has 0 aliphatic rings. The monoisotopic (exact) mass is 346 g/mol. The van der Waals surface area contributed by atoms with Gasteiger partial charge < -0.3 is 20.3 Å². The van der Waals surface area contributed by atoms with Crippen molar-refractivity contribution in [3.8, 4) is 11.5 Å². The molecule has 0 bridgehead atoms. The van der Waals surface area contributed by atoms with Gasteiger partial charge in [0.1, 0.15) is 11.5 Å². The first-order valence-electron chi connectivity index (χ1n) is 7.88. The molecule has 0 saturated heterocycles. The van der Waals surface area contributed by atoms with Crippen molar-refractivity contribution in [1.29, 1.82) is 0 Å². The second-order valence-corrected chi connectivity index (χ2v) is 6.00. The molecule has 25 heavy (non-hydrogen) atoms. The lowest BCUT2D eigenvalue weighted by Crippen LogP contribution is -2.22. The van der Waals surface area contributed by atoms with E-state index >= 15 is 0 Å². The second kappa shape index (κ2) is 7.96. The highest BCUT2D eigenvalue weighted by Crippen LogP contribution is 2.32. The minimum atomic E-state index is -0.953. The highest BCUT2D eigenvalue weighted by molar-refractivity contribution is 5.57. The number of nitro groups is 1. The number of hydrogen-bond acceptors (Lipinski definition) is 6. The predicted molar refractivity (Wildman–Crippen MR) is 95.4 cm³/mol. The van der Waals surface area contributed by atoms with Gasteiger partial charge in [-0.3, -0.25) is 10.1 Å². The van der Waals surface area contributed by atoms with Gasteiger partial charge in [0.2, 0.25) is 0 Å². The molecule has 0 aliphatic heterocycles. The Bertz CT molecular complexity index is 776. The molecule has 1 unspecified atom stereocenters. The minimum Gasteiger partial charge on any atom is -0.457 e. The summed E-state index contributed by atoms with van der Waals surface area (Å²) in [7, 11) is 0. The van der Waals surface area contributed by atoms with Gasteiger partial charge in [0.05, 0.1) is 23.7 Å². The third-order valence-corrected chi connectivity index (χ3v) is 3.85. The molecule has 2 aromatic rings. The number of nitrogens with one attached hydrogen (secondary N) is 1. The van der Waals surface area contributed by atoms with Crippen LogP contribution in [0.25, 0.3) is 0 Å². The van der Waals surface area contributed by atoms with Crippen LogP contribution < -0.4 is 10.1 Å². The number of aryl methyl sites for hydroxylation is 2. The lowest BCUT2D eigenvalue weighted by atomic mass is 10.1. The summed E-state index contributed by atoms with van der Waals surface area (Å²) in [5.41, 5.74) is 3.37. The molecule has 7 nitrogen and oxygen atoms in total. The number of aliphatic hydroxyl groups excluding tert-OH is 2. The van der Waals surface area contributed by atoms with Gasteiger partial charge in [0.25, 0.3) is 5.69 Å². The fourth-order valence-electron chi connectivity index (χ4n) is 2.38. The van der Waals surface area contributed by atoms with E-state index in [2.05, 4.69) is 5.32 Å². The van der Waals surface area contributed by atoms with Gasteiger partial charge in [0.15, 0.2) is 0 Å². The number of non-ortho nitro benzene ring substituents is 1. The summed E-state index contributed by atoms with van der Waals surface area (Å²) in [4.78, 5) is 10.7. The van der Waals surface area contributed by atoms with Crippen LogP contribution in [0.2, 0.25) is 0 Å². The average molecular weight is 346 g/mol. The van der Waals surface area contributed by atoms with Crippen LogP contribution in [-0.4, -0.2) is 34.4 Å². The fourth-order valence-corrected chi connectivity index (χ4v) is 2.38. The van der Waals surface area contributed by atoms with Crippen LogP contribution in [0, 0.1) is 30.9 Å². The van der Waals surface area contributed by atoms with Crippen molar-refractivity contribution in [1.82, 2.24) is 0 Å². The van der Waals surface area contributed by atoms with E-state index in [0.29, 0.717) is 17.2 Å². The van der Waals surface area contributed by atoms with E-state index in [1.54, 1.807) is 6.07 Å². The SMILES string of the molecule is Cc1cc(C)c(C)c(Oc2cc(NCC(O)CO)cc([N+](=O)[O-])c2)c1. The minimum absolute atomic E-state index is 0.0691. The second-order valence-electron chi connectivity index (χ2n) is 6.00. The fraction of sp³-hybridized carbons (Fsp3) is 0.333. The third-order valence-electron chi connectivity index (χ3n) is 3.85. The molecule has 0 heterocycles. The summed E-state index contributed by atoms with van der Waals surface area (Å²) in [6.07, 6.45) is -0.953. The van der Waals surface area contributed by atoms with Crippen LogP contribution in [0.15, 0.2) is 30.3 Å². The van der Waals surface area contributed by atoms with E-state index in [0.717, 1.165) is 16.7 Å². The summed E-state index contributed by atoms with van der Waals surface area (Å²) in [6.45, 7) is 5.53. The lowest BCUT2D eigenvalue weighted by Gasteiger charge is -2.14. The Labute approximate surface area is 146 Å². The van der Waals surface area contributed by atoms with Gasteiger partial charge in [-0.2, -0.15) is 0 Å². The number of anilines is 1. The van der Waals surface area contributed by atoms with Gasteiger partial charge in [-0.25, -0.2) is 0 Å². The van der Waals surface area contributed by atoms with Crippen LogP contribution in [0.5, 0.6) is 11.5 Å². The van der Waals surface area contributed by atoms with E-state index in [1.807, 2.05) is 32.9 Å². The predicted octanol–water partition coefficient (Wildman–Crippen LogP) is 3.08. The van der Waals surface area contributed by atoms with Crippen LogP contribution in [-0.2, 0) is 0 Å². The largest absolute Gasteiger partial charge is 0.457 e. The first kappa shape index (κ1) is 18.7. The molecule has 0 radical (unpaired) electrons. The Morgan fingerprint density at radius 3 is 2.56 bits per heavy atom. The zero-order valence-electron chi connectivity index (χ0n) is 14.4. The lowest BCUT2D eigenvalue weighted by molar-refractivity contribution is -0.384. The van der Waals surface area contributed by atoms with Crippen LogP contribution in [0.3, 0.4) is 0 Å². The van der Waals surface area contributed by atoms with E-state index < -0.39 is 17.6 Å². The van der Waals surface area contributed by atoms with E-state index in [1.165, 1.54) is 12.1 Å². The molecule has 2 rings (SSSR count). The van der Waals surface area contributed by atoms with E-state index in [4.69, 9.17) is 9.84 Å². The zero-order chi connectivity index (χ0) is 18.6. The zero-order valence-corrected chi connectivity index (χ0v) is 14.4. The maximum atomic E-state index is 11.2. The molecular formula is C18H22N2O5. The molecule has 2 aromatic carbocycles. The first-order valence-corrected chi connectivity index (χ1v) is 7.88. The average Bonchev–Trinajstić information content (AvgIpc) is 2.56. The van der Waals surface area contributed by atoms with Crippen molar-refractivity contribution in [2.45, 2.75) is 26.9 Å². The summed E-state index contributed by atoms with van der Waals surface area (Å²) < 4.78 is 5.88. The Morgan fingerprint density at radius 2 is 1.92 bits per heavy atom. The van der Waals surface area contributed by atoms with Crippen molar-refractivity contribution in [3.63, 3.8) is 0 Å². The summed E-state index contributed by atoms with van der Waals surface area (Å²) in [5.74, 6) is 0.961.